The second-order valence-corrected chi connectivity index (χ2v) is 7.28. The van der Waals surface area contributed by atoms with Crippen LogP contribution < -0.4 is 21.1 Å². The highest BCUT2D eigenvalue weighted by Crippen LogP contribution is 2.27. The van der Waals surface area contributed by atoms with Gasteiger partial charge < -0.3 is 25.5 Å². The number of anilines is 2. The van der Waals surface area contributed by atoms with E-state index >= 15 is 0 Å². The van der Waals surface area contributed by atoms with Gasteiger partial charge in [0.1, 0.15) is 0 Å². The second-order valence-electron chi connectivity index (χ2n) is 7.28. The molecule has 4 N–H and O–H groups in total. The molecule has 0 spiro atoms. The molecule has 3 aromatic heterocycles. The third-order valence-corrected chi connectivity index (χ3v) is 4.65. The molecule has 3 heterocycles. The van der Waals surface area contributed by atoms with Gasteiger partial charge in [-0.2, -0.15) is 4.98 Å². The van der Waals surface area contributed by atoms with E-state index in [1.807, 2.05) is 6.92 Å². The lowest BCUT2D eigenvalue weighted by molar-refractivity contribution is 0.102. The number of fused-ring (bicyclic) bond motifs is 2. The van der Waals surface area contributed by atoms with E-state index < -0.39 is 11.7 Å². The fourth-order valence-electron chi connectivity index (χ4n) is 3.26. The molecule has 4 aromatic rings. The lowest BCUT2D eigenvalue weighted by Crippen LogP contribution is -2.25. The smallest absolute Gasteiger partial charge is 0.316 e. The monoisotopic (exact) mass is 423 g/mol. The van der Waals surface area contributed by atoms with Crippen molar-refractivity contribution in [3.63, 3.8) is 0 Å². The van der Waals surface area contributed by atoms with Crippen molar-refractivity contribution in [2.75, 3.05) is 24.3 Å². The number of carbonyl (C=O) groups excluding carboxylic acids is 1. The van der Waals surface area contributed by atoms with Gasteiger partial charge in [0.15, 0.2) is 11.5 Å². The number of hydrogen-bond acceptors (Lipinski definition) is 7. The molecule has 1 atom stereocenters. The maximum atomic E-state index is 14.4. The van der Waals surface area contributed by atoms with Crippen LogP contribution in [0.5, 0.6) is 6.01 Å². The number of benzene rings is 1. The van der Waals surface area contributed by atoms with Gasteiger partial charge in [-0.1, -0.05) is 0 Å². The lowest BCUT2D eigenvalue weighted by atomic mass is 10.1. The number of imidazole rings is 1. The Bertz CT molecular complexity index is 1290. The van der Waals surface area contributed by atoms with E-state index in [-0.39, 0.29) is 17.7 Å². The average Bonchev–Trinajstić information content (AvgIpc) is 3.12. The summed E-state index contributed by atoms with van der Waals surface area (Å²) in [7, 11) is 1.45. The number of carbonyl (C=O) groups is 1. The Morgan fingerprint density at radius 2 is 2.13 bits per heavy atom. The second kappa shape index (κ2) is 8.15. The average molecular weight is 423 g/mol. The van der Waals surface area contributed by atoms with Crippen LogP contribution >= 0.6 is 0 Å². The van der Waals surface area contributed by atoms with Crippen LogP contribution in [0.1, 0.15) is 23.0 Å². The molecule has 10 heteroatoms. The molecule has 0 aliphatic carbocycles. The van der Waals surface area contributed by atoms with Gasteiger partial charge in [0.05, 0.1) is 29.6 Å². The van der Waals surface area contributed by atoms with E-state index in [9.17, 15) is 9.18 Å². The predicted molar refractivity (Wildman–Crippen MR) is 116 cm³/mol. The number of aromatic nitrogens is 4. The number of aryl methyl sites for hydroxylation is 1. The van der Waals surface area contributed by atoms with E-state index in [2.05, 4.69) is 25.6 Å². The molecule has 0 aliphatic rings. The van der Waals surface area contributed by atoms with E-state index in [1.54, 1.807) is 37.6 Å². The molecule has 4 rings (SSSR count). The molecule has 0 bridgehead atoms. The number of halogens is 1. The van der Waals surface area contributed by atoms with Gasteiger partial charge in [0, 0.05) is 48.3 Å². The first-order chi connectivity index (χ1) is 14.9. The number of methoxy groups -OCH3 is 1. The summed E-state index contributed by atoms with van der Waals surface area (Å²) in [5.41, 5.74) is 8.44. The Kier molecular flexibility index (Phi) is 5.38. The minimum Gasteiger partial charge on any atom is -0.467 e. The third kappa shape index (κ3) is 4.10. The van der Waals surface area contributed by atoms with Crippen LogP contribution in [0.25, 0.3) is 16.6 Å². The highest BCUT2D eigenvalue weighted by Gasteiger charge is 2.17. The minimum absolute atomic E-state index is 0.0613. The van der Waals surface area contributed by atoms with E-state index in [0.717, 1.165) is 5.69 Å². The highest BCUT2D eigenvalue weighted by molar-refractivity contribution is 6.13. The summed E-state index contributed by atoms with van der Waals surface area (Å²) < 4.78 is 21.0. The van der Waals surface area contributed by atoms with Gasteiger partial charge in [-0.05, 0) is 26.0 Å². The minimum atomic E-state index is -0.532. The van der Waals surface area contributed by atoms with E-state index in [1.165, 1.54) is 17.6 Å². The number of amides is 1. The maximum Gasteiger partial charge on any atom is 0.316 e. The van der Waals surface area contributed by atoms with Crippen molar-refractivity contribution in [3.8, 4) is 6.01 Å². The zero-order chi connectivity index (χ0) is 22.1. The number of hydrogen-bond donors (Lipinski definition) is 3. The first-order valence-corrected chi connectivity index (χ1v) is 9.65. The van der Waals surface area contributed by atoms with Gasteiger partial charge in [-0.25, -0.2) is 14.4 Å². The summed E-state index contributed by atoms with van der Waals surface area (Å²) in [4.78, 5) is 25.7. The van der Waals surface area contributed by atoms with Crippen molar-refractivity contribution in [1.29, 1.82) is 0 Å². The van der Waals surface area contributed by atoms with Crippen LogP contribution in [0.15, 0.2) is 36.8 Å². The van der Waals surface area contributed by atoms with E-state index in [0.29, 0.717) is 34.4 Å². The fourth-order valence-corrected chi connectivity index (χ4v) is 3.26. The molecule has 160 valence electrons. The predicted octanol–water partition coefficient (Wildman–Crippen LogP) is 2.75. The Morgan fingerprint density at radius 1 is 1.32 bits per heavy atom. The maximum absolute atomic E-state index is 14.4. The van der Waals surface area contributed by atoms with Crippen LogP contribution in [0.4, 0.5) is 15.8 Å². The molecule has 31 heavy (non-hydrogen) atoms. The molecular formula is C21H22FN7O2. The van der Waals surface area contributed by atoms with Gasteiger partial charge in [-0.3, -0.25) is 4.79 Å². The number of rotatable bonds is 6. The van der Waals surface area contributed by atoms with Crippen molar-refractivity contribution < 1.29 is 13.9 Å². The summed E-state index contributed by atoms with van der Waals surface area (Å²) in [6.07, 6.45) is 4.87. The Labute approximate surface area is 177 Å². The highest BCUT2D eigenvalue weighted by atomic mass is 19.1. The lowest BCUT2D eigenvalue weighted by Gasteiger charge is -2.14. The van der Waals surface area contributed by atoms with Crippen LogP contribution in [0.2, 0.25) is 0 Å². The molecule has 0 saturated carbocycles. The number of nitrogens with one attached hydrogen (secondary N) is 2. The third-order valence-electron chi connectivity index (χ3n) is 4.65. The SMILES string of the molecule is COc1ncc2c(NC[C@@H](C)N)ccc(C(=O)Nc3cc(F)c4nc(C)cn4c3)c2n1. The molecule has 0 fully saturated rings. The zero-order valence-corrected chi connectivity index (χ0v) is 17.3. The van der Waals surface area contributed by atoms with Crippen molar-refractivity contribution in [2.45, 2.75) is 19.9 Å². The summed E-state index contributed by atoms with van der Waals surface area (Å²) in [6, 6.07) is 4.71. The summed E-state index contributed by atoms with van der Waals surface area (Å²) in [5.74, 6) is -0.977. The topological polar surface area (TPSA) is 119 Å². The van der Waals surface area contributed by atoms with Gasteiger partial charge in [-0.15, -0.1) is 0 Å². The molecule has 0 saturated heterocycles. The van der Waals surface area contributed by atoms with Crippen LogP contribution in [-0.4, -0.2) is 45.0 Å². The quantitative estimate of drug-likeness (QED) is 0.436. The Morgan fingerprint density at radius 3 is 2.87 bits per heavy atom. The molecule has 9 nitrogen and oxygen atoms in total. The standard InChI is InChI=1S/C21H22FN7O2/c1-11(23)7-24-17-5-4-14(18-15(17)8-25-21(28-18)31-3)20(30)27-13-6-16(22)19-26-12(2)9-29(19)10-13/h4-6,8-11,24H,7,23H2,1-3H3,(H,27,30)/t11-/m1/s1. The van der Waals surface area contributed by atoms with Gasteiger partial charge in [0.2, 0.25) is 0 Å². The Balaban J connectivity index is 1.72. The molecule has 0 aliphatic heterocycles. The number of nitrogens with two attached hydrogens (primary N) is 1. The largest absolute Gasteiger partial charge is 0.467 e. The first-order valence-electron chi connectivity index (χ1n) is 9.65. The van der Waals surface area contributed by atoms with Crippen molar-refractivity contribution in [1.82, 2.24) is 19.4 Å². The molecular weight excluding hydrogens is 401 g/mol. The fraction of sp³-hybridized carbons (Fsp3) is 0.238. The summed E-state index contributed by atoms with van der Waals surface area (Å²) in [6.45, 7) is 4.19. The Hall–Kier alpha value is -3.79. The molecule has 1 amide bonds. The summed E-state index contributed by atoms with van der Waals surface area (Å²) in [5, 5.41) is 6.60. The summed E-state index contributed by atoms with van der Waals surface area (Å²) >= 11 is 0. The van der Waals surface area contributed by atoms with E-state index in [4.69, 9.17) is 10.5 Å². The van der Waals surface area contributed by atoms with Gasteiger partial charge >= 0.3 is 6.01 Å². The van der Waals surface area contributed by atoms with Crippen molar-refractivity contribution in [2.24, 2.45) is 5.73 Å². The number of nitrogens with zero attached hydrogens (tertiary/aromatic N) is 4. The van der Waals surface area contributed by atoms with Crippen LogP contribution in [0.3, 0.4) is 0 Å². The van der Waals surface area contributed by atoms with Crippen LogP contribution in [-0.2, 0) is 0 Å². The number of ether oxygens (including phenoxy) is 1. The number of pyridine rings is 1. The van der Waals surface area contributed by atoms with Gasteiger partial charge in [0.25, 0.3) is 5.91 Å². The molecule has 0 radical (unpaired) electrons. The van der Waals surface area contributed by atoms with Crippen molar-refractivity contribution in [3.05, 3.63) is 53.9 Å². The van der Waals surface area contributed by atoms with Crippen LogP contribution in [0, 0.1) is 12.7 Å². The molecule has 1 aromatic carbocycles. The first kappa shape index (κ1) is 20.5. The zero-order valence-electron chi connectivity index (χ0n) is 17.3. The molecule has 0 unspecified atom stereocenters. The normalized spacial score (nSPS) is 12.2. The van der Waals surface area contributed by atoms with Crippen molar-refractivity contribution >= 4 is 33.8 Å².